The van der Waals surface area contributed by atoms with E-state index in [9.17, 15) is 4.79 Å². The lowest BCUT2D eigenvalue weighted by atomic mass is 10.1. The van der Waals surface area contributed by atoms with Crippen LogP contribution in [-0.2, 0) is 4.79 Å². The number of fused-ring (bicyclic) bond motifs is 1. The first-order chi connectivity index (χ1) is 13.2. The van der Waals surface area contributed by atoms with E-state index in [-0.39, 0.29) is 18.6 Å². The molecular formula is C22H22N2O3. The van der Waals surface area contributed by atoms with Gasteiger partial charge in [-0.2, -0.15) is 0 Å². The van der Waals surface area contributed by atoms with Crippen molar-refractivity contribution in [3.63, 3.8) is 0 Å². The molecule has 1 aliphatic heterocycles. The molecule has 138 valence electrons. The van der Waals surface area contributed by atoms with Crippen molar-refractivity contribution in [1.82, 2.24) is 9.88 Å². The molecule has 2 aromatic carbocycles. The Balaban J connectivity index is 1.30. The maximum absolute atomic E-state index is 12.5. The molecule has 4 rings (SSSR count). The van der Waals surface area contributed by atoms with E-state index in [1.165, 1.54) is 0 Å². The van der Waals surface area contributed by atoms with Gasteiger partial charge in [0.25, 0.3) is 5.91 Å². The Morgan fingerprint density at radius 3 is 2.81 bits per heavy atom. The minimum atomic E-state index is -0.0241. The topological polar surface area (TPSA) is 51.7 Å². The van der Waals surface area contributed by atoms with E-state index in [2.05, 4.69) is 11.1 Å². The molecule has 3 aromatic rings. The summed E-state index contributed by atoms with van der Waals surface area (Å²) >= 11 is 0. The first kappa shape index (κ1) is 17.3. The molecule has 27 heavy (non-hydrogen) atoms. The van der Waals surface area contributed by atoms with Gasteiger partial charge in [0, 0.05) is 24.7 Å². The Hall–Kier alpha value is -3.08. The number of hydrogen-bond acceptors (Lipinski definition) is 4. The largest absolute Gasteiger partial charge is 0.484 e. The van der Waals surface area contributed by atoms with Crippen LogP contribution >= 0.6 is 0 Å². The Morgan fingerprint density at radius 2 is 1.96 bits per heavy atom. The van der Waals surface area contributed by atoms with Crippen molar-refractivity contribution >= 4 is 16.7 Å². The first-order valence-electron chi connectivity index (χ1n) is 9.17. The third-order valence-corrected chi connectivity index (χ3v) is 4.73. The molecule has 1 saturated heterocycles. The van der Waals surface area contributed by atoms with Crippen LogP contribution in [0.3, 0.4) is 0 Å². The highest BCUT2D eigenvalue weighted by atomic mass is 16.5. The minimum Gasteiger partial charge on any atom is -0.484 e. The lowest BCUT2D eigenvalue weighted by Gasteiger charge is -2.17. The number of carbonyl (C=O) groups is 1. The predicted molar refractivity (Wildman–Crippen MR) is 104 cm³/mol. The Bertz CT molecular complexity index is 957. The van der Waals surface area contributed by atoms with Gasteiger partial charge in [0.15, 0.2) is 6.61 Å². The van der Waals surface area contributed by atoms with Crippen LogP contribution in [0.5, 0.6) is 11.6 Å². The Kier molecular flexibility index (Phi) is 4.92. The van der Waals surface area contributed by atoms with Gasteiger partial charge in [0.2, 0.25) is 5.88 Å². The molecule has 1 atom stereocenters. The maximum Gasteiger partial charge on any atom is 0.260 e. The van der Waals surface area contributed by atoms with Crippen LogP contribution in [-0.4, -0.2) is 41.6 Å². The molecule has 1 fully saturated rings. The van der Waals surface area contributed by atoms with Crippen LogP contribution in [0, 0.1) is 6.92 Å². The standard InChI is InChI=1S/C22H22N2O3/c1-16-5-4-8-21(23-16)27-20-11-12-24(14-20)22(25)15-26-19-10-9-17-6-2-3-7-18(17)13-19/h2-10,13,20H,11-12,14-15H2,1H3. The predicted octanol–water partition coefficient (Wildman–Crippen LogP) is 3.60. The van der Waals surface area contributed by atoms with E-state index in [1.54, 1.807) is 4.90 Å². The molecule has 1 aromatic heterocycles. The van der Waals surface area contributed by atoms with E-state index in [0.29, 0.717) is 24.7 Å². The second-order valence-corrected chi connectivity index (χ2v) is 6.78. The average Bonchev–Trinajstić information content (AvgIpc) is 3.14. The van der Waals surface area contributed by atoms with Gasteiger partial charge in [-0.3, -0.25) is 4.79 Å². The number of pyridine rings is 1. The summed E-state index contributed by atoms with van der Waals surface area (Å²) in [4.78, 5) is 18.6. The number of ether oxygens (including phenoxy) is 2. The second kappa shape index (κ2) is 7.66. The van der Waals surface area contributed by atoms with Gasteiger partial charge in [-0.1, -0.05) is 36.4 Å². The van der Waals surface area contributed by atoms with E-state index in [4.69, 9.17) is 9.47 Å². The molecule has 0 saturated carbocycles. The zero-order valence-corrected chi connectivity index (χ0v) is 15.3. The van der Waals surface area contributed by atoms with Gasteiger partial charge in [-0.05, 0) is 35.9 Å². The van der Waals surface area contributed by atoms with Crippen molar-refractivity contribution in [2.45, 2.75) is 19.4 Å². The van der Waals surface area contributed by atoms with Crippen molar-refractivity contribution in [3.8, 4) is 11.6 Å². The summed E-state index contributed by atoms with van der Waals surface area (Å²) in [6.45, 7) is 3.21. The molecule has 1 aliphatic rings. The smallest absolute Gasteiger partial charge is 0.260 e. The summed E-state index contributed by atoms with van der Waals surface area (Å²) < 4.78 is 11.6. The van der Waals surface area contributed by atoms with E-state index >= 15 is 0 Å². The van der Waals surface area contributed by atoms with Gasteiger partial charge in [-0.25, -0.2) is 4.98 Å². The van der Waals surface area contributed by atoms with Crippen molar-refractivity contribution in [1.29, 1.82) is 0 Å². The molecule has 5 nitrogen and oxygen atoms in total. The van der Waals surface area contributed by atoms with Gasteiger partial charge >= 0.3 is 0 Å². The fourth-order valence-electron chi connectivity index (χ4n) is 3.30. The Morgan fingerprint density at radius 1 is 1.11 bits per heavy atom. The highest BCUT2D eigenvalue weighted by Gasteiger charge is 2.28. The van der Waals surface area contributed by atoms with Crippen LogP contribution in [0.1, 0.15) is 12.1 Å². The van der Waals surface area contributed by atoms with E-state index in [0.717, 1.165) is 22.9 Å². The number of likely N-dealkylation sites (tertiary alicyclic amines) is 1. The van der Waals surface area contributed by atoms with Crippen LogP contribution in [0.4, 0.5) is 0 Å². The molecule has 1 amide bonds. The van der Waals surface area contributed by atoms with Gasteiger partial charge in [-0.15, -0.1) is 0 Å². The number of carbonyl (C=O) groups excluding carboxylic acids is 1. The van der Waals surface area contributed by atoms with Crippen LogP contribution in [0.25, 0.3) is 10.8 Å². The molecule has 0 spiro atoms. The number of nitrogens with zero attached hydrogens (tertiary/aromatic N) is 2. The number of aromatic nitrogens is 1. The first-order valence-corrected chi connectivity index (χ1v) is 9.17. The van der Waals surface area contributed by atoms with E-state index < -0.39 is 0 Å². The summed E-state index contributed by atoms with van der Waals surface area (Å²) in [5, 5.41) is 2.25. The quantitative estimate of drug-likeness (QED) is 0.696. The molecule has 0 aliphatic carbocycles. The lowest BCUT2D eigenvalue weighted by Crippen LogP contribution is -2.34. The summed E-state index contributed by atoms with van der Waals surface area (Å²) in [5.41, 5.74) is 0.919. The van der Waals surface area contributed by atoms with Gasteiger partial charge < -0.3 is 14.4 Å². The molecule has 0 N–H and O–H groups in total. The monoisotopic (exact) mass is 362 g/mol. The summed E-state index contributed by atoms with van der Waals surface area (Å²) in [6, 6.07) is 19.6. The summed E-state index contributed by atoms with van der Waals surface area (Å²) in [6.07, 6.45) is 0.779. The van der Waals surface area contributed by atoms with Gasteiger partial charge in [0.1, 0.15) is 11.9 Å². The number of rotatable bonds is 5. The highest BCUT2D eigenvalue weighted by Crippen LogP contribution is 2.21. The van der Waals surface area contributed by atoms with Crippen LogP contribution < -0.4 is 9.47 Å². The number of benzene rings is 2. The lowest BCUT2D eigenvalue weighted by molar-refractivity contribution is -0.132. The zero-order chi connectivity index (χ0) is 18.6. The van der Waals surface area contributed by atoms with Crippen molar-refractivity contribution in [2.24, 2.45) is 0 Å². The molecule has 1 unspecified atom stereocenters. The highest BCUT2D eigenvalue weighted by molar-refractivity contribution is 5.84. The second-order valence-electron chi connectivity index (χ2n) is 6.78. The number of aryl methyl sites for hydroxylation is 1. The number of hydrogen-bond donors (Lipinski definition) is 0. The maximum atomic E-state index is 12.5. The summed E-state index contributed by atoms with van der Waals surface area (Å²) in [5.74, 6) is 1.30. The van der Waals surface area contributed by atoms with Gasteiger partial charge in [0.05, 0.1) is 6.54 Å². The Labute approximate surface area is 158 Å². The van der Waals surface area contributed by atoms with Crippen molar-refractivity contribution in [2.75, 3.05) is 19.7 Å². The average molecular weight is 362 g/mol. The fraction of sp³-hybridized carbons (Fsp3) is 0.273. The normalized spacial score (nSPS) is 16.5. The minimum absolute atomic E-state index is 0.0218. The molecule has 2 heterocycles. The zero-order valence-electron chi connectivity index (χ0n) is 15.3. The van der Waals surface area contributed by atoms with E-state index in [1.807, 2.05) is 61.5 Å². The van der Waals surface area contributed by atoms with Crippen molar-refractivity contribution < 1.29 is 14.3 Å². The molecular weight excluding hydrogens is 340 g/mol. The third-order valence-electron chi connectivity index (χ3n) is 4.73. The summed E-state index contributed by atoms with van der Waals surface area (Å²) in [7, 11) is 0. The third kappa shape index (κ3) is 4.19. The van der Waals surface area contributed by atoms with Crippen LogP contribution in [0.15, 0.2) is 60.7 Å². The SMILES string of the molecule is Cc1cccc(OC2CCN(C(=O)COc3ccc4ccccc4c3)C2)n1. The molecule has 5 heteroatoms. The molecule has 0 bridgehead atoms. The fourth-order valence-corrected chi connectivity index (χ4v) is 3.30. The van der Waals surface area contributed by atoms with Crippen LogP contribution in [0.2, 0.25) is 0 Å². The number of amides is 1. The molecule has 0 radical (unpaired) electrons. The van der Waals surface area contributed by atoms with Crippen molar-refractivity contribution in [3.05, 3.63) is 66.4 Å².